The van der Waals surface area contributed by atoms with Crippen LogP contribution in [0.3, 0.4) is 0 Å². The molecule has 1 saturated heterocycles. The van der Waals surface area contributed by atoms with Crippen LogP contribution >= 0.6 is 0 Å². The fourth-order valence-corrected chi connectivity index (χ4v) is 2.11. The quantitative estimate of drug-likeness (QED) is 0.680. The van der Waals surface area contributed by atoms with Gasteiger partial charge in [-0.1, -0.05) is 24.3 Å². The normalized spacial score (nSPS) is 16.9. The average molecular weight is 205 g/mol. The highest BCUT2D eigenvalue weighted by molar-refractivity contribution is 6.59. The summed E-state index contributed by atoms with van der Waals surface area (Å²) in [7, 11) is -1.36. The maximum Gasteiger partial charge on any atom is 0.488 e. The van der Waals surface area contributed by atoms with Crippen molar-refractivity contribution >= 4 is 12.6 Å². The number of likely N-dealkylation sites (tertiary alicyclic amines) is 1. The van der Waals surface area contributed by atoms with E-state index in [2.05, 4.69) is 4.90 Å². The fourth-order valence-electron chi connectivity index (χ4n) is 2.11. The Bertz CT molecular complexity index is 324. The van der Waals surface area contributed by atoms with E-state index in [1.807, 2.05) is 18.2 Å². The zero-order chi connectivity index (χ0) is 10.7. The third-order valence-corrected chi connectivity index (χ3v) is 2.93. The monoisotopic (exact) mass is 205 g/mol. The Kier molecular flexibility index (Phi) is 3.41. The smallest absolute Gasteiger partial charge is 0.423 e. The van der Waals surface area contributed by atoms with Gasteiger partial charge in [-0.25, -0.2) is 0 Å². The van der Waals surface area contributed by atoms with Crippen molar-refractivity contribution in [3.05, 3.63) is 29.8 Å². The summed E-state index contributed by atoms with van der Waals surface area (Å²) in [6, 6.07) is 7.52. The molecule has 1 aliphatic rings. The summed E-state index contributed by atoms with van der Waals surface area (Å²) in [5, 5.41) is 18.4. The van der Waals surface area contributed by atoms with Gasteiger partial charge in [0.05, 0.1) is 0 Å². The van der Waals surface area contributed by atoms with Crippen molar-refractivity contribution in [3.63, 3.8) is 0 Å². The molecule has 0 bridgehead atoms. The minimum atomic E-state index is -1.36. The molecule has 1 aromatic carbocycles. The molecule has 3 nitrogen and oxygen atoms in total. The lowest BCUT2D eigenvalue weighted by atomic mass is 9.77. The zero-order valence-electron chi connectivity index (χ0n) is 8.76. The Hall–Kier alpha value is -0.835. The van der Waals surface area contributed by atoms with Gasteiger partial charge in [-0.15, -0.1) is 0 Å². The van der Waals surface area contributed by atoms with Gasteiger partial charge in [0.1, 0.15) is 0 Å². The highest BCUT2D eigenvalue weighted by Crippen LogP contribution is 2.11. The van der Waals surface area contributed by atoms with Crippen LogP contribution in [-0.2, 0) is 6.54 Å². The highest BCUT2D eigenvalue weighted by Gasteiger charge is 2.18. The first-order valence-corrected chi connectivity index (χ1v) is 5.43. The van der Waals surface area contributed by atoms with Crippen molar-refractivity contribution in [2.75, 3.05) is 13.1 Å². The van der Waals surface area contributed by atoms with E-state index in [0.29, 0.717) is 5.46 Å². The SMILES string of the molecule is OB(O)c1ccccc1CN1CCCC1. The first-order valence-electron chi connectivity index (χ1n) is 5.43. The Balaban J connectivity index is 2.12. The van der Waals surface area contributed by atoms with Gasteiger partial charge in [-0.3, -0.25) is 4.90 Å². The highest BCUT2D eigenvalue weighted by atomic mass is 16.4. The van der Waals surface area contributed by atoms with Gasteiger partial charge in [0, 0.05) is 6.54 Å². The van der Waals surface area contributed by atoms with E-state index in [1.54, 1.807) is 6.07 Å². The first-order chi connectivity index (χ1) is 7.27. The molecule has 0 aromatic heterocycles. The predicted molar refractivity (Wildman–Crippen MR) is 60.8 cm³/mol. The molecule has 0 spiro atoms. The minimum Gasteiger partial charge on any atom is -0.423 e. The molecule has 0 atom stereocenters. The van der Waals surface area contributed by atoms with E-state index in [9.17, 15) is 10.0 Å². The predicted octanol–water partition coefficient (Wildman–Crippen LogP) is -0.0378. The van der Waals surface area contributed by atoms with E-state index in [-0.39, 0.29) is 0 Å². The lowest BCUT2D eigenvalue weighted by Crippen LogP contribution is -2.35. The van der Waals surface area contributed by atoms with Crippen molar-refractivity contribution in [1.82, 2.24) is 4.90 Å². The zero-order valence-corrected chi connectivity index (χ0v) is 8.76. The van der Waals surface area contributed by atoms with Gasteiger partial charge in [0.25, 0.3) is 0 Å². The summed E-state index contributed by atoms with van der Waals surface area (Å²) < 4.78 is 0. The van der Waals surface area contributed by atoms with Crippen molar-refractivity contribution < 1.29 is 10.0 Å². The second-order valence-corrected chi connectivity index (χ2v) is 4.06. The number of nitrogens with zero attached hydrogens (tertiary/aromatic N) is 1. The summed E-state index contributed by atoms with van der Waals surface area (Å²) in [5.74, 6) is 0. The molecule has 80 valence electrons. The van der Waals surface area contributed by atoms with Gasteiger partial charge in [0.2, 0.25) is 0 Å². The number of hydrogen-bond donors (Lipinski definition) is 2. The molecule has 1 aliphatic heterocycles. The number of benzene rings is 1. The standard InChI is InChI=1S/C11H16BNO2/c14-12(15)11-6-2-1-5-10(11)9-13-7-3-4-8-13/h1-2,5-6,14-15H,3-4,7-9H2. The van der Waals surface area contributed by atoms with E-state index in [0.717, 1.165) is 25.2 Å². The van der Waals surface area contributed by atoms with Crippen LogP contribution in [0.1, 0.15) is 18.4 Å². The molecular formula is C11H16BNO2. The topological polar surface area (TPSA) is 43.7 Å². The number of hydrogen-bond acceptors (Lipinski definition) is 3. The van der Waals surface area contributed by atoms with Crippen molar-refractivity contribution in [2.45, 2.75) is 19.4 Å². The summed E-state index contributed by atoms with van der Waals surface area (Å²) in [6.07, 6.45) is 2.51. The molecule has 4 heteroatoms. The minimum absolute atomic E-state index is 0.629. The second kappa shape index (κ2) is 4.79. The van der Waals surface area contributed by atoms with E-state index in [4.69, 9.17) is 0 Å². The maximum atomic E-state index is 9.22. The summed E-state index contributed by atoms with van der Waals surface area (Å²) in [5.41, 5.74) is 1.65. The molecule has 1 fully saturated rings. The van der Waals surface area contributed by atoms with Gasteiger partial charge in [-0.05, 0) is 37.0 Å². The van der Waals surface area contributed by atoms with Crippen LogP contribution < -0.4 is 5.46 Å². The lowest BCUT2D eigenvalue weighted by Gasteiger charge is -2.17. The van der Waals surface area contributed by atoms with E-state index in [1.165, 1.54) is 12.8 Å². The van der Waals surface area contributed by atoms with E-state index < -0.39 is 7.12 Å². The second-order valence-electron chi connectivity index (χ2n) is 4.06. The molecule has 0 saturated carbocycles. The van der Waals surface area contributed by atoms with Gasteiger partial charge in [0.15, 0.2) is 0 Å². The van der Waals surface area contributed by atoms with Crippen LogP contribution in [0.2, 0.25) is 0 Å². The van der Waals surface area contributed by atoms with Crippen LogP contribution in [0.4, 0.5) is 0 Å². The van der Waals surface area contributed by atoms with Crippen molar-refractivity contribution in [3.8, 4) is 0 Å². The number of rotatable bonds is 3. The Morgan fingerprint density at radius 3 is 2.47 bits per heavy atom. The average Bonchev–Trinajstić information content (AvgIpc) is 2.71. The molecule has 2 rings (SSSR count). The largest absolute Gasteiger partial charge is 0.488 e. The fraction of sp³-hybridized carbons (Fsp3) is 0.455. The Morgan fingerprint density at radius 2 is 1.80 bits per heavy atom. The van der Waals surface area contributed by atoms with Gasteiger partial charge >= 0.3 is 7.12 Å². The van der Waals surface area contributed by atoms with Crippen LogP contribution in [0, 0.1) is 0 Å². The molecule has 0 amide bonds. The van der Waals surface area contributed by atoms with Crippen LogP contribution in [0.25, 0.3) is 0 Å². The lowest BCUT2D eigenvalue weighted by molar-refractivity contribution is 0.331. The van der Waals surface area contributed by atoms with Crippen molar-refractivity contribution in [1.29, 1.82) is 0 Å². The summed E-state index contributed by atoms with van der Waals surface area (Å²) >= 11 is 0. The molecule has 2 N–H and O–H groups in total. The molecule has 1 aromatic rings. The Labute approximate surface area is 90.5 Å². The third-order valence-electron chi connectivity index (χ3n) is 2.93. The molecular weight excluding hydrogens is 189 g/mol. The first kappa shape index (κ1) is 10.7. The van der Waals surface area contributed by atoms with Crippen molar-refractivity contribution in [2.24, 2.45) is 0 Å². The maximum absolute atomic E-state index is 9.22. The summed E-state index contributed by atoms with van der Waals surface area (Å²) in [4.78, 5) is 2.35. The van der Waals surface area contributed by atoms with Crippen LogP contribution in [0.5, 0.6) is 0 Å². The van der Waals surface area contributed by atoms with Gasteiger partial charge in [-0.2, -0.15) is 0 Å². The van der Waals surface area contributed by atoms with Crippen LogP contribution in [-0.4, -0.2) is 35.2 Å². The third kappa shape index (κ3) is 2.59. The molecule has 1 heterocycles. The molecule has 0 unspecified atom stereocenters. The molecule has 0 radical (unpaired) electrons. The molecule has 0 aliphatic carbocycles. The van der Waals surface area contributed by atoms with E-state index >= 15 is 0 Å². The van der Waals surface area contributed by atoms with Crippen LogP contribution in [0.15, 0.2) is 24.3 Å². The molecule has 15 heavy (non-hydrogen) atoms. The van der Waals surface area contributed by atoms with Gasteiger partial charge < -0.3 is 10.0 Å². The summed E-state index contributed by atoms with van der Waals surface area (Å²) in [6.45, 7) is 3.07. The Morgan fingerprint density at radius 1 is 1.13 bits per heavy atom.